The van der Waals surface area contributed by atoms with E-state index in [1.165, 1.54) is 31.5 Å². The van der Waals surface area contributed by atoms with Crippen molar-refractivity contribution in [2.24, 2.45) is 0 Å². The summed E-state index contributed by atoms with van der Waals surface area (Å²) in [4.78, 5) is 17.5. The lowest BCUT2D eigenvalue weighted by Gasteiger charge is -2.37. The minimum absolute atomic E-state index is 0.318. The fraction of sp³-hybridized carbons (Fsp3) is 0.650. The number of hydrogen-bond acceptors (Lipinski definition) is 3. The van der Waals surface area contributed by atoms with Gasteiger partial charge in [-0.1, -0.05) is 18.2 Å². The van der Waals surface area contributed by atoms with Gasteiger partial charge in [0.1, 0.15) is 5.75 Å². The maximum atomic E-state index is 12.8. The Bertz CT molecular complexity index is 575. The molecule has 24 heavy (non-hydrogen) atoms. The molecule has 4 nitrogen and oxygen atoms in total. The molecule has 2 fully saturated rings. The highest BCUT2D eigenvalue weighted by Gasteiger charge is 2.30. The zero-order chi connectivity index (χ0) is 16.4. The third kappa shape index (κ3) is 3.30. The molecule has 0 bridgehead atoms. The summed E-state index contributed by atoms with van der Waals surface area (Å²) in [6.45, 7) is 5.12. The van der Waals surface area contributed by atoms with Gasteiger partial charge in [-0.05, 0) is 62.7 Å². The smallest absolute Gasteiger partial charge is 0.223 e. The van der Waals surface area contributed by atoms with Gasteiger partial charge in [0.15, 0.2) is 0 Å². The average molecular weight is 328 g/mol. The van der Waals surface area contributed by atoms with E-state index in [-0.39, 0.29) is 0 Å². The average Bonchev–Trinajstić information content (AvgIpc) is 3.17. The Morgan fingerprint density at radius 3 is 2.58 bits per heavy atom. The summed E-state index contributed by atoms with van der Waals surface area (Å²) in [6.07, 6.45) is 6.58. The molecule has 3 aliphatic rings. The normalized spacial score (nSPS) is 25.3. The van der Waals surface area contributed by atoms with Gasteiger partial charge in [-0.15, -0.1) is 0 Å². The van der Waals surface area contributed by atoms with Crippen LogP contribution in [0.5, 0.6) is 5.75 Å². The molecule has 2 saturated heterocycles. The van der Waals surface area contributed by atoms with Crippen LogP contribution in [-0.2, 0) is 4.79 Å². The summed E-state index contributed by atoms with van der Waals surface area (Å²) in [5, 5.41) is 0. The Labute approximate surface area is 144 Å². The van der Waals surface area contributed by atoms with Gasteiger partial charge in [-0.25, -0.2) is 0 Å². The number of amides is 1. The number of piperidine rings is 1. The fourth-order valence-corrected chi connectivity index (χ4v) is 4.55. The highest BCUT2D eigenvalue weighted by molar-refractivity contribution is 5.77. The standard InChI is InChI=1S/C20H28N2O2/c23-20(15-16-9-14-24-19-6-2-1-5-18(16)19)22-12-7-17(8-13-22)21-10-3-4-11-21/h1-2,5-6,16-17H,3-4,7-15H2. The van der Waals surface area contributed by atoms with Gasteiger partial charge in [0.25, 0.3) is 0 Å². The van der Waals surface area contributed by atoms with Gasteiger partial charge in [0.05, 0.1) is 6.61 Å². The summed E-state index contributed by atoms with van der Waals surface area (Å²) >= 11 is 0. The number of fused-ring (bicyclic) bond motifs is 1. The molecular weight excluding hydrogens is 300 g/mol. The molecular formula is C20H28N2O2. The number of carbonyl (C=O) groups is 1. The van der Waals surface area contributed by atoms with Crippen LogP contribution in [0.4, 0.5) is 0 Å². The topological polar surface area (TPSA) is 32.8 Å². The number of hydrogen-bond donors (Lipinski definition) is 0. The highest BCUT2D eigenvalue weighted by Crippen LogP contribution is 2.36. The van der Waals surface area contributed by atoms with Crippen molar-refractivity contribution in [3.63, 3.8) is 0 Å². The van der Waals surface area contributed by atoms with Gasteiger partial charge in [-0.2, -0.15) is 0 Å². The number of carbonyl (C=O) groups excluding carboxylic acids is 1. The SMILES string of the molecule is O=C(CC1CCOc2ccccc21)N1CCC(N2CCCC2)CC1. The predicted octanol–water partition coefficient (Wildman–Crippen LogP) is 3.03. The molecule has 0 N–H and O–H groups in total. The summed E-state index contributed by atoms with van der Waals surface area (Å²) in [5.41, 5.74) is 1.21. The Morgan fingerprint density at radius 2 is 1.79 bits per heavy atom. The van der Waals surface area contributed by atoms with Crippen molar-refractivity contribution in [2.75, 3.05) is 32.8 Å². The second kappa shape index (κ2) is 7.14. The number of likely N-dealkylation sites (tertiary alicyclic amines) is 2. The molecule has 0 aliphatic carbocycles. The molecule has 1 amide bonds. The number of para-hydroxylation sites is 1. The van der Waals surface area contributed by atoms with E-state index in [1.807, 2.05) is 18.2 Å². The monoisotopic (exact) mass is 328 g/mol. The van der Waals surface area contributed by atoms with Gasteiger partial charge >= 0.3 is 0 Å². The molecule has 3 heterocycles. The first kappa shape index (κ1) is 15.9. The fourth-order valence-electron chi connectivity index (χ4n) is 4.55. The van der Waals surface area contributed by atoms with Crippen molar-refractivity contribution in [2.45, 2.75) is 50.5 Å². The lowest BCUT2D eigenvalue weighted by atomic mass is 9.89. The molecule has 1 aromatic rings. The first-order valence-electron chi connectivity index (χ1n) is 9.55. The summed E-state index contributed by atoms with van der Waals surface area (Å²) in [7, 11) is 0. The molecule has 0 spiro atoms. The van der Waals surface area contributed by atoms with Crippen LogP contribution in [0.2, 0.25) is 0 Å². The third-order valence-electron chi connectivity index (χ3n) is 5.98. The first-order chi connectivity index (χ1) is 11.8. The molecule has 3 aliphatic heterocycles. The molecule has 0 aromatic heterocycles. The Morgan fingerprint density at radius 1 is 1.04 bits per heavy atom. The van der Waals surface area contributed by atoms with E-state index < -0.39 is 0 Å². The van der Waals surface area contributed by atoms with Crippen LogP contribution >= 0.6 is 0 Å². The predicted molar refractivity (Wildman–Crippen MR) is 94.3 cm³/mol. The van der Waals surface area contributed by atoms with E-state index in [2.05, 4.69) is 15.9 Å². The van der Waals surface area contributed by atoms with Crippen molar-refractivity contribution < 1.29 is 9.53 Å². The van der Waals surface area contributed by atoms with Crippen LogP contribution in [0.1, 0.15) is 50.0 Å². The molecule has 1 atom stereocenters. The van der Waals surface area contributed by atoms with Crippen molar-refractivity contribution in [3.05, 3.63) is 29.8 Å². The molecule has 130 valence electrons. The van der Waals surface area contributed by atoms with Crippen LogP contribution in [0.25, 0.3) is 0 Å². The number of nitrogens with zero attached hydrogens (tertiary/aromatic N) is 2. The zero-order valence-corrected chi connectivity index (χ0v) is 14.5. The first-order valence-corrected chi connectivity index (χ1v) is 9.55. The Balaban J connectivity index is 1.33. The maximum absolute atomic E-state index is 12.8. The molecule has 0 radical (unpaired) electrons. The van der Waals surface area contributed by atoms with E-state index in [1.54, 1.807) is 0 Å². The van der Waals surface area contributed by atoms with E-state index in [4.69, 9.17) is 4.74 Å². The number of benzene rings is 1. The Kier molecular flexibility index (Phi) is 4.74. The highest BCUT2D eigenvalue weighted by atomic mass is 16.5. The van der Waals surface area contributed by atoms with Crippen LogP contribution in [0, 0.1) is 0 Å². The second-order valence-corrected chi connectivity index (χ2v) is 7.43. The third-order valence-corrected chi connectivity index (χ3v) is 5.98. The molecule has 0 saturated carbocycles. The maximum Gasteiger partial charge on any atom is 0.223 e. The summed E-state index contributed by atoms with van der Waals surface area (Å²) in [6, 6.07) is 8.90. The van der Waals surface area contributed by atoms with Crippen LogP contribution in [0.3, 0.4) is 0 Å². The van der Waals surface area contributed by atoms with E-state index in [0.717, 1.165) is 44.7 Å². The van der Waals surface area contributed by atoms with E-state index >= 15 is 0 Å². The van der Waals surface area contributed by atoms with Crippen LogP contribution in [0.15, 0.2) is 24.3 Å². The Hall–Kier alpha value is -1.55. The van der Waals surface area contributed by atoms with E-state index in [9.17, 15) is 4.79 Å². The van der Waals surface area contributed by atoms with Crippen LogP contribution < -0.4 is 4.74 Å². The van der Waals surface area contributed by atoms with Gasteiger partial charge in [0, 0.05) is 25.6 Å². The van der Waals surface area contributed by atoms with Crippen molar-refractivity contribution in [1.82, 2.24) is 9.80 Å². The zero-order valence-electron chi connectivity index (χ0n) is 14.5. The largest absolute Gasteiger partial charge is 0.493 e. The minimum Gasteiger partial charge on any atom is -0.493 e. The molecule has 1 aromatic carbocycles. The number of ether oxygens (including phenoxy) is 1. The van der Waals surface area contributed by atoms with Gasteiger partial charge in [0.2, 0.25) is 5.91 Å². The molecule has 4 rings (SSSR count). The van der Waals surface area contributed by atoms with Crippen LogP contribution in [-0.4, -0.2) is 54.5 Å². The van der Waals surface area contributed by atoms with E-state index in [0.29, 0.717) is 24.3 Å². The van der Waals surface area contributed by atoms with Gasteiger partial charge in [-0.3, -0.25) is 4.79 Å². The minimum atomic E-state index is 0.318. The van der Waals surface area contributed by atoms with Crippen molar-refractivity contribution in [3.8, 4) is 5.75 Å². The van der Waals surface area contributed by atoms with Crippen molar-refractivity contribution in [1.29, 1.82) is 0 Å². The van der Waals surface area contributed by atoms with Gasteiger partial charge < -0.3 is 14.5 Å². The summed E-state index contributed by atoms with van der Waals surface area (Å²) in [5.74, 6) is 1.62. The lowest BCUT2D eigenvalue weighted by molar-refractivity contribution is -0.133. The number of rotatable bonds is 3. The quantitative estimate of drug-likeness (QED) is 0.855. The van der Waals surface area contributed by atoms with Crippen molar-refractivity contribution >= 4 is 5.91 Å². The second-order valence-electron chi connectivity index (χ2n) is 7.43. The molecule has 4 heteroatoms. The summed E-state index contributed by atoms with van der Waals surface area (Å²) < 4.78 is 5.72. The lowest BCUT2D eigenvalue weighted by Crippen LogP contribution is -2.46. The molecule has 1 unspecified atom stereocenters.